The van der Waals surface area contributed by atoms with Gasteiger partial charge in [-0.2, -0.15) is 0 Å². The van der Waals surface area contributed by atoms with Crippen LogP contribution in [0.4, 0.5) is 0 Å². The summed E-state index contributed by atoms with van der Waals surface area (Å²) in [6, 6.07) is 3.53. The van der Waals surface area contributed by atoms with E-state index in [4.69, 9.17) is 14.2 Å². The zero-order chi connectivity index (χ0) is 19.8. The Balaban J connectivity index is 1.83. The van der Waals surface area contributed by atoms with Crippen molar-refractivity contribution in [2.75, 3.05) is 13.6 Å². The van der Waals surface area contributed by atoms with Gasteiger partial charge < -0.3 is 14.2 Å². The van der Waals surface area contributed by atoms with Gasteiger partial charge in [0.1, 0.15) is 0 Å². The summed E-state index contributed by atoms with van der Waals surface area (Å²) in [5.41, 5.74) is 0.0634. The molecule has 0 aromatic heterocycles. The second kappa shape index (κ2) is 5.44. The van der Waals surface area contributed by atoms with E-state index in [1.54, 1.807) is 12.1 Å². The van der Waals surface area contributed by atoms with E-state index in [-0.39, 0.29) is 11.8 Å². The fourth-order valence-electron chi connectivity index (χ4n) is 5.75. The lowest BCUT2D eigenvalue weighted by Crippen LogP contribution is -2.75. The van der Waals surface area contributed by atoms with Crippen LogP contribution < -0.4 is 9.47 Å². The van der Waals surface area contributed by atoms with Crippen molar-refractivity contribution in [2.24, 2.45) is 0 Å². The molecule has 1 aromatic rings. The van der Waals surface area contributed by atoms with Crippen LogP contribution in [0.25, 0.3) is 0 Å². The third-order valence-electron chi connectivity index (χ3n) is 6.65. The van der Waals surface area contributed by atoms with E-state index in [1.807, 2.05) is 13.1 Å². The average molecular weight is 383 g/mol. The van der Waals surface area contributed by atoms with Crippen LogP contribution in [0.3, 0.4) is 0 Å². The summed E-state index contributed by atoms with van der Waals surface area (Å²) >= 11 is 0. The summed E-state index contributed by atoms with van der Waals surface area (Å²) < 4.78 is 17.6. The maximum absolute atomic E-state index is 12.9. The number of ketones is 1. The van der Waals surface area contributed by atoms with Gasteiger partial charge in [-0.1, -0.05) is 6.07 Å². The number of hydrogen-bond acceptors (Lipinski definition) is 7. The molecule has 2 aliphatic heterocycles. The molecule has 0 radical (unpaired) electrons. The number of esters is 2. The predicted molar refractivity (Wildman–Crippen MR) is 97.2 cm³/mol. The number of ether oxygens (including phenoxy) is 3. The third-order valence-corrected chi connectivity index (χ3v) is 6.65. The first-order valence-corrected chi connectivity index (χ1v) is 9.44. The minimum absolute atomic E-state index is 0.112. The van der Waals surface area contributed by atoms with Gasteiger partial charge in [-0.15, -0.1) is 0 Å². The highest BCUT2D eigenvalue weighted by Gasteiger charge is 2.74. The zero-order valence-corrected chi connectivity index (χ0v) is 16.0. The van der Waals surface area contributed by atoms with E-state index in [2.05, 4.69) is 4.90 Å². The molecule has 0 amide bonds. The molecule has 5 rings (SSSR count). The minimum Gasteiger partial charge on any atom is -0.477 e. The number of piperidine rings is 1. The summed E-state index contributed by atoms with van der Waals surface area (Å²) in [5.74, 6) is -0.291. The van der Waals surface area contributed by atoms with Crippen molar-refractivity contribution in [2.45, 2.75) is 49.9 Å². The molecule has 7 nitrogen and oxygen atoms in total. The molecule has 1 spiro atoms. The van der Waals surface area contributed by atoms with Crippen LogP contribution in [0, 0.1) is 0 Å². The van der Waals surface area contributed by atoms with E-state index in [0.29, 0.717) is 24.3 Å². The lowest BCUT2D eigenvalue weighted by molar-refractivity contribution is -0.188. The molecule has 146 valence electrons. The van der Waals surface area contributed by atoms with E-state index in [9.17, 15) is 14.4 Å². The standard InChI is InChI=1S/C21H21NO6/c1-11(23)26-15-5-4-13-10-16-21(28-12(2)24)7-6-14(25)19-20(21,8-9-22(16)3)17(13)18(15)27-19/h4-7,16,19H,8-10H2,1-3H3/t16?,19-,20-,21?/m0/s1. The fraction of sp³-hybridized carbons (Fsp3) is 0.476. The first-order chi connectivity index (χ1) is 13.3. The van der Waals surface area contributed by atoms with Crippen molar-refractivity contribution in [3.8, 4) is 11.5 Å². The van der Waals surface area contributed by atoms with Gasteiger partial charge in [0.05, 0.1) is 11.5 Å². The number of likely N-dealkylation sites (tertiary alicyclic amines) is 1. The first kappa shape index (κ1) is 17.4. The van der Waals surface area contributed by atoms with E-state index < -0.39 is 29.1 Å². The van der Waals surface area contributed by atoms with Crippen molar-refractivity contribution in [3.63, 3.8) is 0 Å². The molecule has 1 aromatic carbocycles. The van der Waals surface area contributed by atoms with Gasteiger partial charge in [0.15, 0.2) is 29.0 Å². The summed E-state index contributed by atoms with van der Waals surface area (Å²) in [6.07, 6.45) is 3.66. The normalized spacial score (nSPS) is 34.5. The van der Waals surface area contributed by atoms with Gasteiger partial charge in [0.2, 0.25) is 0 Å². The molecule has 2 unspecified atom stereocenters. The molecule has 28 heavy (non-hydrogen) atoms. The highest BCUT2D eigenvalue weighted by molar-refractivity contribution is 5.99. The SMILES string of the molecule is CC(=O)Oc1ccc2c3c1O[C@H]1C(=O)C=CC4(OC(C)=O)C(C2)N(C)CC[C@]314. The molecule has 2 bridgehead atoms. The molecule has 7 heteroatoms. The number of rotatable bonds is 2. The maximum Gasteiger partial charge on any atom is 0.308 e. The minimum atomic E-state index is -1.00. The van der Waals surface area contributed by atoms with Gasteiger partial charge in [0, 0.05) is 19.4 Å². The molecule has 2 aliphatic carbocycles. The second-order valence-corrected chi connectivity index (χ2v) is 8.06. The molecule has 1 saturated heterocycles. The third kappa shape index (κ3) is 1.90. The average Bonchev–Trinajstić information content (AvgIpc) is 2.97. The summed E-state index contributed by atoms with van der Waals surface area (Å²) in [6.45, 7) is 3.46. The van der Waals surface area contributed by atoms with E-state index in [1.165, 1.54) is 19.9 Å². The Bertz CT molecular complexity index is 968. The van der Waals surface area contributed by atoms with Gasteiger partial charge >= 0.3 is 11.9 Å². The maximum atomic E-state index is 12.9. The Hall–Kier alpha value is -2.67. The zero-order valence-electron chi connectivity index (χ0n) is 16.0. The van der Waals surface area contributed by atoms with E-state index >= 15 is 0 Å². The highest BCUT2D eigenvalue weighted by atomic mass is 16.6. The number of nitrogens with zero attached hydrogens (tertiary/aromatic N) is 1. The smallest absolute Gasteiger partial charge is 0.308 e. The lowest BCUT2D eigenvalue weighted by atomic mass is 9.50. The van der Waals surface area contributed by atoms with Crippen molar-refractivity contribution in [1.29, 1.82) is 0 Å². The molecular weight excluding hydrogens is 362 g/mol. The van der Waals surface area contributed by atoms with E-state index in [0.717, 1.165) is 17.7 Å². The topological polar surface area (TPSA) is 82.1 Å². The number of carbonyl (C=O) groups excluding carboxylic acids is 3. The van der Waals surface area contributed by atoms with Gasteiger partial charge in [-0.05, 0) is 50.2 Å². The largest absolute Gasteiger partial charge is 0.477 e. The Labute approximate surface area is 162 Å². The van der Waals surface area contributed by atoms with Crippen LogP contribution in [0.15, 0.2) is 24.3 Å². The van der Waals surface area contributed by atoms with Gasteiger partial charge in [0.25, 0.3) is 0 Å². The Morgan fingerprint density at radius 3 is 2.75 bits per heavy atom. The molecule has 4 aliphatic rings. The van der Waals surface area contributed by atoms with Crippen molar-refractivity contribution in [3.05, 3.63) is 35.4 Å². The molecule has 4 atom stereocenters. The first-order valence-electron chi connectivity index (χ1n) is 9.44. The Morgan fingerprint density at radius 2 is 2.04 bits per heavy atom. The monoisotopic (exact) mass is 383 g/mol. The van der Waals surface area contributed by atoms with Crippen LogP contribution in [0.5, 0.6) is 11.5 Å². The van der Waals surface area contributed by atoms with Gasteiger partial charge in [-0.25, -0.2) is 0 Å². The van der Waals surface area contributed by atoms with Crippen LogP contribution in [0.1, 0.15) is 31.4 Å². The number of carbonyl (C=O) groups is 3. The summed E-state index contributed by atoms with van der Waals surface area (Å²) in [5, 5.41) is 0. The van der Waals surface area contributed by atoms with Crippen molar-refractivity contribution in [1.82, 2.24) is 4.90 Å². The van der Waals surface area contributed by atoms with Crippen LogP contribution in [-0.2, 0) is 31.0 Å². The van der Waals surface area contributed by atoms with Crippen LogP contribution in [-0.4, -0.2) is 54.0 Å². The highest BCUT2D eigenvalue weighted by Crippen LogP contribution is 2.64. The van der Waals surface area contributed by atoms with Gasteiger partial charge in [-0.3, -0.25) is 19.3 Å². The van der Waals surface area contributed by atoms with Crippen LogP contribution in [0.2, 0.25) is 0 Å². The van der Waals surface area contributed by atoms with Crippen molar-refractivity contribution >= 4 is 17.7 Å². The predicted octanol–water partition coefficient (Wildman–Crippen LogP) is 1.31. The lowest BCUT2D eigenvalue weighted by Gasteiger charge is -2.61. The fourth-order valence-corrected chi connectivity index (χ4v) is 5.75. The summed E-state index contributed by atoms with van der Waals surface area (Å²) in [7, 11) is 2.01. The molecule has 0 saturated carbocycles. The van der Waals surface area contributed by atoms with Crippen molar-refractivity contribution < 1.29 is 28.6 Å². The molecule has 2 heterocycles. The Morgan fingerprint density at radius 1 is 1.25 bits per heavy atom. The van der Waals surface area contributed by atoms with Crippen LogP contribution >= 0.6 is 0 Å². The second-order valence-electron chi connectivity index (χ2n) is 8.06. The quantitative estimate of drug-likeness (QED) is 0.563. The molecule has 1 fully saturated rings. The molecular formula is C21H21NO6. The number of benzene rings is 1. The molecule has 0 N–H and O–H groups in total. The Kier molecular flexibility index (Phi) is 3.39. The number of hydrogen-bond donors (Lipinski definition) is 0. The number of likely N-dealkylation sites (N-methyl/N-ethyl adjacent to an activating group) is 1. The summed E-state index contributed by atoms with van der Waals surface area (Å²) in [4.78, 5) is 38.8.